The summed E-state index contributed by atoms with van der Waals surface area (Å²) >= 11 is 0. The lowest BCUT2D eigenvalue weighted by molar-refractivity contribution is 0.908. The molecule has 114 valence electrons. The van der Waals surface area contributed by atoms with Crippen molar-refractivity contribution >= 4 is 30.0 Å². The number of para-hydroxylation sites is 1. The van der Waals surface area contributed by atoms with E-state index in [0.717, 1.165) is 18.3 Å². The minimum absolute atomic E-state index is 0.903. The molecule has 0 amide bonds. The maximum atomic E-state index is 5.96. The Hall–Kier alpha value is -2.74. The highest BCUT2D eigenvalue weighted by atomic mass is 15.1. The number of allylic oxidation sites excluding steroid dienone is 4. The molecule has 4 rings (SSSR count). The van der Waals surface area contributed by atoms with Crippen LogP contribution in [-0.4, -0.2) is 7.85 Å². The van der Waals surface area contributed by atoms with Crippen molar-refractivity contribution in [1.29, 1.82) is 0 Å². The Labute approximate surface area is 144 Å². The number of nitrogens with zero attached hydrogens (tertiary/aromatic N) is 1. The van der Waals surface area contributed by atoms with Gasteiger partial charge in [0.15, 0.2) is 0 Å². The number of fused-ring (bicyclic) bond motifs is 1. The Morgan fingerprint density at radius 1 is 0.708 bits per heavy atom. The molecule has 0 atom stereocenters. The van der Waals surface area contributed by atoms with Gasteiger partial charge in [-0.15, -0.1) is 5.47 Å². The summed E-state index contributed by atoms with van der Waals surface area (Å²) in [7, 11) is 5.96. The molecule has 0 aliphatic heterocycles. The highest BCUT2D eigenvalue weighted by molar-refractivity contribution is 6.21. The SMILES string of the molecule is [B]C1=CC=C(N(c2ccccc2)c2cccc3ccccc23)CC1. The van der Waals surface area contributed by atoms with Gasteiger partial charge in [0, 0.05) is 16.8 Å². The van der Waals surface area contributed by atoms with Gasteiger partial charge < -0.3 is 4.90 Å². The van der Waals surface area contributed by atoms with Gasteiger partial charge in [0.2, 0.25) is 0 Å². The number of hydrogen-bond donors (Lipinski definition) is 0. The molecule has 1 aliphatic carbocycles. The van der Waals surface area contributed by atoms with E-state index in [1.54, 1.807) is 0 Å². The normalized spacial score (nSPS) is 14.2. The van der Waals surface area contributed by atoms with Gasteiger partial charge in [0.25, 0.3) is 0 Å². The second kappa shape index (κ2) is 6.41. The molecular weight excluding hydrogens is 289 g/mol. The van der Waals surface area contributed by atoms with Crippen LogP contribution in [0.25, 0.3) is 10.8 Å². The first-order chi connectivity index (χ1) is 11.8. The maximum absolute atomic E-state index is 5.96. The van der Waals surface area contributed by atoms with Crippen molar-refractivity contribution in [3.05, 3.63) is 96.1 Å². The van der Waals surface area contributed by atoms with E-state index in [1.807, 2.05) is 6.08 Å². The molecule has 0 aromatic heterocycles. The van der Waals surface area contributed by atoms with Crippen molar-refractivity contribution in [1.82, 2.24) is 0 Å². The Morgan fingerprint density at radius 3 is 2.25 bits per heavy atom. The molecule has 2 radical (unpaired) electrons. The van der Waals surface area contributed by atoms with Crippen molar-refractivity contribution in [3.63, 3.8) is 0 Å². The van der Waals surface area contributed by atoms with E-state index in [2.05, 4.69) is 83.8 Å². The lowest BCUT2D eigenvalue weighted by atomic mass is 9.87. The fourth-order valence-electron chi connectivity index (χ4n) is 3.27. The summed E-state index contributed by atoms with van der Waals surface area (Å²) in [6.45, 7) is 0. The van der Waals surface area contributed by atoms with Gasteiger partial charge in [0.05, 0.1) is 5.69 Å². The third kappa shape index (κ3) is 2.76. The second-order valence-electron chi connectivity index (χ2n) is 6.07. The molecule has 3 aromatic rings. The predicted molar refractivity (Wildman–Crippen MR) is 104 cm³/mol. The summed E-state index contributed by atoms with van der Waals surface area (Å²) in [6.07, 6.45) is 6.02. The van der Waals surface area contributed by atoms with Gasteiger partial charge in [-0.2, -0.15) is 0 Å². The van der Waals surface area contributed by atoms with Crippen LogP contribution in [0.5, 0.6) is 0 Å². The van der Waals surface area contributed by atoms with Crippen molar-refractivity contribution in [3.8, 4) is 0 Å². The molecule has 0 spiro atoms. The van der Waals surface area contributed by atoms with E-state index in [9.17, 15) is 0 Å². The molecule has 0 unspecified atom stereocenters. The topological polar surface area (TPSA) is 3.24 Å². The number of anilines is 2. The number of rotatable bonds is 3. The van der Waals surface area contributed by atoms with Crippen LogP contribution in [0, 0.1) is 0 Å². The maximum Gasteiger partial charge on any atom is 0.107 e. The summed E-state index contributed by atoms with van der Waals surface area (Å²) in [5.41, 5.74) is 4.60. The van der Waals surface area contributed by atoms with E-state index in [1.165, 1.54) is 27.8 Å². The Kier molecular flexibility index (Phi) is 3.96. The van der Waals surface area contributed by atoms with E-state index in [4.69, 9.17) is 7.85 Å². The average Bonchev–Trinajstić information content (AvgIpc) is 2.65. The zero-order valence-corrected chi connectivity index (χ0v) is 13.5. The van der Waals surface area contributed by atoms with Crippen LogP contribution in [0.4, 0.5) is 11.4 Å². The third-order valence-corrected chi connectivity index (χ3v) is 4.47. The fourth-order valence-corrected chi connectivity index (χ4v) is 3.27. The van der Waals surface area contributed by atoms with Crippen LogP contribution < -0.4 is 4.90 Å². The fraction of sp³-hybridized carbons (Fsp3) is 0.0909. The van der Waals surface area contributed by atoms with Crippen LogP contribution in [0.15, 0.2) is 96.1 Å². The zero-order chi connectivity index (χ0) is 16.4. The monoisotopic (exact) mass is 307 g/mol. The van der Waals surface area contributed by atoms with Crippen LogP contribution in [0.2, 0.25) is 0 Å². The van der Waals surface area contributed by atoms with Gasteiger partial charge in [-0.05, 0) is 42.5 Å². The number of benzene rings is 3. The van der Waals surface area contributed by atoms with E-state index >= 15 is 0 Å². The third-order valence-electron chi connectivity index (χ3n) is 4.47. The molecule has 24 heavy (non-hydrogen) atoms. The molecule has 2 heteroatoms. The first-order valence-electron chi connectivity index (χ1n) is 8.31. The Balaban J connectivity index is 1.93. The van der Waals surface area contributed by atoms with E-state index in [0.29, 0.717) is 0 Å². The van der Waals surface area contributed by atoms with Gasteiger partial charge in [-0.25, -0.2) is 0 Å². The van der Waals surface area contributed by atoms with Crippen LogP contribution >= 0.6 is 0 Å². The van der Waals surface area contributed by atoms with E-state index in [-0.39, 0.29) is 0 Å². The van der Waals surface area contributed by atoms with Gasteiger partial charge in [-0.1, -0.05) is 60.7 Å². The predicted octanol–water partition coefficient (Wildman–Crippen LogP) is 5.71. The highest BCUT2D eigenvalue weighted by Crippen LogP contribution is 2.37. The van der Waals surface area contributed by atoms with E-state index < -0.39 is 0 Å². The van der Waals surface area contributed by atoms with Gasteiger partial charge >= 0.3 is 0 Å². The number of hydrogen-bond acceptors (Lipinski definition) is 1. The standard InChI is InChI=1S/C22H18BN/c23-18-13-15-20(16-14-18)24(19-9-2-1-3-10-19)22-12-6-8-17-7-4-5-11-21(17)22/h1-13,15H,14,16H2. The second-order valence-corrected chi connectivity index (χ2v) is 6.07. The molecular formula is C22H18BN. The molecule has 0 saturated heterocycles. The van der Waals surface area contributed by atoms with Crippen molar-refractivity contribution in [2.45, 2.75) is 12.8 Å². The molecule has 0 saturated carbocycles. The molecule has 0 bridgehead atoms. The smallest absolute Gasteiger partial charge is 0.107 e. The summed E-state index contributed by atoms with van der Waals surface area (Å²) in [6, 6.07) is 25.6. The van der Waals surface area contributed by atoms with Crippen molar-refractivity contribution in [2.24, 2.45) is 0 Å². The van der Waals surface area contributed by atoms with Crippen LogP contribution in [0.3, 0.4) is 0 Å². The van der Waals surface area contributed by atoms with Gasteiger partial charge in [-0.3, -0.25) is 0 Å². The minimum atomic E-state index is 0.903. The molecule has 0 N–H and O–H groups in total. The molecule has 3 aromatic carbocycles. The minimum Gasteiger partial charge on any atom is -0.314 e. The summed E-state index contributed by atoms with van der Waals surface area (Å²) in [5.74, 6) is 0. The first kappa shape index (κ1) is 14.8. The Bertz CT molecular complexity index is 920. The average molecular weight is 307 g/mol. The molecule has 0 fully saturated rings. The largest absolute Gasteiger partial charge is 0.314 e. The molecule has 1 nitrogen and oxygen atoms in total. The quantitative estimate of drug-likeness (QED) is 0.560. The van der Waals surface area contributed by atoms with Gasteiger partial charge in [0.1, 0.15) is 7.85 Å². The highest BCUT2D eigenvalue weighted by Gasteiger charge is 2.17. The summed E-state index contributed by atoms with van der Waals surface area (Å²) < 4.78 is 0. The van der Waals surface area contributed by atoms with Crippen LogP contribution in [0.1, 0.15) is 12.8 Å². The first-order valence-corrected chi connectivity index (χ1v) is 8.31. The zero-order valence-electron chi connectivity index (χ0n) is 13.5. The molecule has 0 heterocycles. The lowest BCUT2D eigenvalue weighted by Gasteiger charge is -2.30. The van der Waals surface area contributed by atoms with Crippen molar-refractivity contribution < 1.29 is 0 Å². The van der Waals surface area contributed by atoms with Crippen LogP contribution in [-0.2, 0) is 0 Å². The Morgan fingerprint density at radius 2 is 1.46 bits per heavy atom. The lowest BCUT2D eigenvalue weighted by Crippen LogP contribution is -2.18. The van der Waals surface area contributed by atoms with Crippen molar-refractivity contribution in [2.75, 3.05) is 4.90 Å². The summed E-state index contributed by atoms with van der Waals surface area (Å²) in [5, 5.41) is 2.51. The molecule has 1 aliphatic rings. The summed E-state index contributed by atoms with van der Waals surface area (Å²) in [4.78, 5) is 2.35.